The third kappa shape index (κ3) is 4.95. The maximum absolute atomic E-state index is 4.59. The van der Waals surface area contributed by atoms with Gasteiger partial charge in [-0.3, -0.25) is 0 Å². The Labute approximate surface area is 89.9 Å². The second kappa shape index (κ2) is 5.95. The zero-order valence-corrected chi connectivity index (χ0v) is 10.8. The van der Waals surface area contributed by atoms with Gasteiger partial charge in [-0.05, 0) is 24.2 Å². The van der Waals surface area contributed by atoms with E-state index in [0.717, 1.165) is 5.92 Å². The van der Waals surface area contributed by atoms with Crippen LogP contribution in [0.1, 0.15) is 60.3 Å². The van der Waals surface area contributed by atoms with Crippen molar-refractivity contribution >= 4 is 12.6 Å². The summed E-state index contributed by atoms with van der Waals surface area (Å²) in [6, 6.07) is 0. The van der Waals surface area contributed by atoms with Crippen molar-refractivity contribution in [3.05, 3.63) is 0 Å². The minimum absolute atomic E-state index is 0.457. The first-order valence-electron chi connectivity index (χ1n) is 5.62. The van der Waals surface area contributed by atoms with Crippen molar-refractivity contribution in [3.63, 3.8) is 0 Å². The first-order valence-corrected chi connectivity index (χ1v) is 6.13. The van der Waals surface area contributed by atoms with Gasteiger partial charge in [0.25, 0.3) is 0 Å². The molecule has 0 fully saturated rings. The van der Waals surface area contributed by atoms with Gasteiger partial charge in [-0.1, -0.05) is 47.5 Å². The first kappa shape index (κ1) is 13.4. The van der Waals surface area contributed by atoms with E-state index in [1.54, 1.807) is 0 Å². The molecule has 0 saturated heterocycles. The Morgan fingerprint density at radius 3 is 2.15 bits per heavy atom. The maximum Gasteiger partial charge on any atom is 0.00193 e. The highest BCUT2D eigenvalue weighted by molar-refractivity contribution is 7.80. The lowest BCUT2D eigenvalue weighted by Crippen LogP contribution is -2.25. The van der Waals surface area contributed by atoms with Crippen molar-refractivity contribution in [3.8, 4) is 0 Å². The smallest absolute Gasteiger partial charge is 0.00193 e. The lowest BCUT2D eigenvalue weighted by molar-refractivity contribution is 0.197. The standard InChI is InChI=1S/C12H26S/c1-6-8-10(3)12(4,5)9-11(13)7-2/h10-11,13H,6-9H2,1-5H3. The Morgan fingerprint density at radius 2 is 1.77 bits per heavy atom. The van der Waals surface area contributed by atoms with Gasteiger partial charge in [0, 0.05) is 5.25 Å². The van der Waals surface area contributed by atoms with Crippen molar-refractivity contribution in [2.24, 2.45) is 11.3 Å². The molecule has 0 aromatic rings. The van der Waals surface area contributed by atoms with E-state index in [1.807, 2.05) is 0 Å². The Kier molecular flexibility index (Phi) is 6.11. The molecule has 0 heterocycles. The van der Waals surface area contributed by atoms with E-state index >= 15 is 0 Å². The van der Waals surface area contributed by atoms with Crippen molar-refractivity contribution < 1.29 is 0 Å². The molecule has 2 atom stereocenters. The van der Waals surface area contributed by atoms with Crippen LogP contribution in [0.15, 0.2) is 0 Å². The van der Waals surface area contributed by atoms with Crippen molar-refractivity contribution in [1.82, 2.24) is 0 Å². The SMILES string of the molecule is CCCC(C)C(C)(C)CC(S)CC. The third-order valence-corrected chi connectivity index (χ3v) is 3.84. The number of rotatable bonds is 6. The first-order chi connectivity index (χ1) is 5.94. The van der Waals surface area contributed by atoms with Gasteiger partial charge in [-0.2, -0.15) is 12.6 Å². The molecule has 0 nitrogen and oxygen atoms in total. The van der Waals surface area contributed by atoms with Crippen LogP contribution >= 0.6 is 12.6 Å². The molecular formula is C12H26S. The van der Waals surface area contributed by atoms with Gasteiger partial charge in [0.05, 0.1) is 0 Å². The highest BCUT2D eigenvalue weighted by Crippen LogP contribution is 2.36. The monoisotopic (exact) mass is 202 g/mol. The molecule has 0 saturated carbocycles. The van der Waals surface area contributed by atoms with Gasteiger partial charge in [-0.25, -0.2) is 0 Å². The van der Waals surface area contributed by atoms with Gasteiger partial charge in [0.1, 0.15) is 0 Å². The van der Waals surface area contributed by atoms with E-state index in [9.17, 15) is 0 Å². The number of thiol groups is 1. The van der Waals surface area contributed by atoms with Crippen LogP contribution in [-0.2, 0) is 0 Å². The fraction of sp³-hybridized carbons (Fsp3) is 1.00. The number of hydrogen-bond acceptors (Lipinski definition) is 1. The van der Waals surface area contributed by atoms with Crippen molar-refractivity contribution in [1.29, 1.82) is 0 Å². The normalized spacial score (nSPS) is 17.1. The average Bonchev–Trinajstić information content (AvgIpc) is 2.04. The van der Waals surface area contributed by atoms with Crippen LogP contribution < -0.4 is 0 Å². The van der Waals surface area contributed by atoms with Gasteiger partial charge < -0.3 is 0 Å². The van der Waals surface area contributed by atoms with E-state index in [4.69, 9.17) is 0 Å². The summed E-state index contributed by atoms with van der Waals surface area (Å²) in [7, 11) is 0. The summed E-state index contributed by atoms with van der Waals surface area (Å²) in [5, 5.41) is 0.578. The molecule has 0 aliphatic heterocycles. The lowest BCUT2D eigenvalue weighted by atomic mass is 9.74. The van der Waals surface area contributed by atoms with E-state index in [2.05, 4.69) is 47.2 Å². The summed E-state index contributed by atoms with van der Waals surface area (Å²) < 4.78 is 0. The Bertz CT molecular complexity index is 129. The van der Waals surface area contributed by atoms with Gasteiger partial charge >= 0.3 is 0 Å². The summed E-state index contributed by atoms with van der Waals surface area (Å²) in [5.74, 6) is 0.818. The molecule has 0 aromatic heterocycles. The molecule has 0 aliphatic rings. The molecule has 1 heteroatoms. The molecule has 13 heavy (non-hydrogen) atoms. The molecule has 0 amide bonds. The van der Waals surface area contributed by atoms with Gasteiger partial charge in [-0.15, -0.1) is 0 Å². The molecule has 0 bridgehead atoms. The minimum atomic E-state index is 0.457. The zero-order chi connectivity index (χ0) is 10.5. The maximum atomic E-state index is 4.59. The molecule has 0 rings (SSSR count). The average molecular weight is 202 g/mol. The summed E-state index contributed by atoms with van der Waals surface area (Å²) in [4.78, 5) is 0. The second-order valence-corrected chi connectivity index (χ2v) is 5.67. The molecule has 0 N–H and O–H groups in total. The fourth-order valence-electron chi connectivity index (χ4n) is 1.78. The van der Waals surface area contributed by atoms with Crippen LogP contribution in [0.5, 0.6) is 0 Å². The molecule has 80 valence electrons. The van der Waals surface area contributed by atoms with Crippen LogP contribution in [0.3, 0.4) is 0 Å². The van der Waals surface area contributed by atoms with Gasteiger partial charge in [0.15, 0.2) is 0 Å². The topological polar surface area (TPSA) is 0 Å². The summed E-state index contributed by atoms with van der Waals surface area (Å²) in [6.07, 6.45) is 5.07. The molecule has 0 aromatic carbocycles. The predicted molar refractivity (Wildman–Crippen MR) is 65.5 cm³/mol. The van der Waals surface area contributed by atoms with Crippen LogP contribution in [0.4, 0.5) is 0 Å². The highest BCUT2D eigenvalue weighted by Gasteiger charge is 2.26. The largest absolute Gasteiger partial charge is 0.176 e. The molecule has 0 aliphatic carbocycles. The van der Waals surface area contributed by atoms with E-state index in [0.29, 0.717) is 10.7 Å². The minimum Gasteiger partial charge on any atom is -0.176 e. The third-order valence-electron chi connectivity index (χ3n) is 3.29. The summed E-state index contributed by atoms with van der Waals surface area (Å²) in [5.41, 5.74) is 0.457. The second-order valence-electron chi connectivity index (χ2n) is 4.94. The number of hydrogen-bond donors (Lipinski definition) is 1. The summed E-state index contributed by atoms with van der Waals surface area (Å²) in [6.45, 7) is 11.6. The zero-order valence-electron chi connectivity index (χ0n) is 9.93. The van der Waals surface area contributed by atoms with E-state index < -0.39 is 0 Å². The predicted octanol–water partition coefficient (Wildman–Crippen LogP) is 4.55. The van der Waals surface area contributed by atoms with Crippen molar-refractivity contribution in [2.45, 2.75) is 65.6 Å². The Morgan fingerprint density at radius 1 is 1.23 bits per heavy atom. The van der Waals surface area contributed by atoms with Crippen LogP contribution in [0.25, 0.3) is 0 Å². The van der Waals surface area contributed by atoms with E-state index in [1.165, 1.54) is 25.7 Å². The summed E-state index contributed by atoms with van der Waals surface area (Å²) >= 11 is 4.59. The van der Waals surface area contributed by atoms with Crippen LogP contribution in [0, 0.1) is 11.3 Å². The van der Waals surface area contributed by atoms with Gasteiger partial charge in [0.2, 0.25) is 0 Å². The quantitative estimate of drug-likeness (QED) is 0.600. The van der Waals surface area contributed by atoms with Crippen molar-refractivity contribution in [2.75, 3.05) is 0 Å². The molecule has 0 radical (unpaired) electrons. The highest BCUT2D eigenvalue weighted by atomic mass is 32.1. The van der Waals surface area contributed by atoms with Crippen LogP contribution in [-0.4, -0.2) is 5.25 Å². The lowest BCUT2D eigenvalue weighted by Gasteiger charge is -2.33. The van der Waals surface area contributed by atoms with Crippen LogP contribution in [0.2, 0.25) is 0 Å². The van der Waals surface area contributed by atoms with E-state index in [-0.39, 0.29) is 0 Å². The fourth-order valence-corrected chi connectivity index (χ4v) is 2.25. The Hall–Kier alpha value is 0.350. The molecule has 2 unspecified atom stereocenters. The molecular weight excluding hydrogens is 176 g/mol. The Balaban J connectivity index is 4.04. The molecule has 0 spiro atoms.